The molecular formula is C16H15N3O2. The maximum atomic E-state index is 11.9. The molecule has 0 saturated carbocycles. The van der Waals surface area contributed by atoms with Gasteiger partial charge in [-0.05, 0) is 12.1 Å². The van der Waals surface area contributed by atoms with Crippen molar-refractivity contribution in [3.05, 3.63) is 48.7 Å². The molecule has 1 aromatic carbocycles. The van der Waals surface area contributed by atoms with Crippen LogP contribution in [-0.4, -0.2) is 23.3 Å². The van der Waals surface area contributed by atoms with Gasteiger partial charge in [0, 0.05) is 18.5 Å². The Morgan fingerprint density at radius 2 is 1.95 bits per heavy atom. The Balaban J connectivity index is 1.82. The SMILES string of the molecule is NC(=O)C1CC(=O)N(c2ccc(-c3ccccc3)nc2)C1. The average Bonchev–Trinajstić information content (AvgIpc) is 2.91. The minimum Gasteiger partial charge on any atom is -0.369 e. The predicted octanol–water partition coefficient (Wildman–Crippen LogP) is 1.59. The molecule has 5 nitrogen and oxygen atoms in total. The van der Waals surface area contributed by atoms with Crippen LogP contribution in [-0.2, 0) is 9.59 Å². The number of hydrogen-bond donors (Lipinski definition) is 1. The molecule has 2 amide bonds. The van der Waals surface area contributed by atoms with Crippen molar-refractivity contribution in [3.8, 4) is 11.3 Å². The summed E-state index contributed by atoms with van der Waals surface area (Å²) in [7, 11) is 0. The van der Waals surface area contributed by atoms with Gasteiger partial charge in [0.25, 0.3) is 0 Å². The fraction of sp³-hybridized carbons (Fsp3) is 0.188. The third kappa shape index (κ3) is 2.63. The first-order valence-electron chi connectivity index (χ1n) is 6.76. The molecule has 0 bridgehead atoms. The number of hydrogen-bond acceptors (Lipinski definition) is 3. The van der Waals surface area contributed by atoms with E-state index in [-0.39, 0.29) is 12.3 Å². The summed E-state index contributed by atoms with van der Waals surface area (Å²) in [6, 6.07) is 13.5. The van der Waals surface area contributed by atoms with Gasteiger partial charge in [-0.15, -0.1) is 0 Å². The lowest BCUT2D eigenvalue weighted by Gasteiger charge is -2.16. The summed E-state index contributed by atoms with van der Waals surface area (Å²) in [5.41, 5.74) is 7.83. The fourth-order valence-electron chi connectivity index (χ4n) is 2.47. The zero-order chi connectivity index (χ0) is 14.8. The Hall–Kier alpha value is -2.69. The number of pyridine rings is 1. The van der Waals surface area contributed by atoms with E-state index in [2.05, 4.69) is 4.98 Å². The topological polar surface area (TPSA) is 76.3 Å². The van der Waals surface area contributed by atoms with Gasteiger partial charge >= 0.3 is 0 Å². The number of anilines is 1. The molecule has 1 atom stereocenters. The van der Waals surface area contributed by atoms with Crippen LogP contribution in [0.15, 0.2) is 48.7 Å². The number of rotatable bonds is 3. The maximum Gasteiger partial charge on any atom is 0.227 e. The molecule has 2 N–H and O–H groups in total. The smallest absolute Gasteiger partial charge is 0.227 e. The third-order valence-electron chi connectivity index (χ3n) is 3.66. The van der Waals surface area contributed by atoms with Crippen molar-refractivity contribution >= 4 is 17.5 Å². The van der Waals surface area contributed by atoms with Crippen LogP contribution >= 0.6 is 0 Å². The minimum absolute atomic E-state index is 0.0898. The summed E-state index contributed by atoms with van der Waals surface area (Å²) in [6.45, 7) is 0.334. The zero-order valence-electron chi connectivity index (χ0n) is 11.4. The van der Waals surface area contributed by atoms with Gasteiger partial charge < -0.3 is 10.6 Å². The Bertz CT molecular complexity index is 668. The third-order valence-corrected chi connectivity index (χ3v) is 3.66. The van der Waals surface area contributed by atoms with Gasteiger partial charge in [0.05, 0.1) is 23.5 Å². The largest absolute Gasteiger partial charge is 0.369 e. The lowest BCUT2D eigenvalue weighted by atomic mass is 10.1. The van der Waals surface area contributed by atoms with E-state index in [1.807, 2.05) is 42.5 Å². The van der Waals surface area contributed by atoms with Crippen LogP contribution < -0.4 is 10.6 Å². The number of carbonyl (C=O) groups is 2. The predicted molar refractivity (Wildman–Crippen MR) is 79.3 cm³/mol. The highest BCUT2D eigenvalue weighted by Crippen LogP contribution is 2.26. The Morgan fingerprint density at radius 3 is 2.52 bits per heavy atom. The molecule has 1 aliphatic rings. The monoisotopic (exact) mass is 281 g/mol. The number of nitrogens with two attached hydrogens (primary N) is 1. The number of nitrogens with zero attached hydrogens (tertiary/aromatic N) is 2. The molecule has 0 spiro atoms. The van der Waals surface area contributed by atoms with Crippen LogP contribution in [0.2, 0.25) is 0 Å². The Labute approximate surface area is 122 Å². The molecule has 21 heavy (non-hydrogen) atoms. The van der Waals surface area contributed by atoms with Crippen LogP contribution in [0.5, 0.6) is 0 Å². The second-order valence-corrected chi connectivity index (χ2v) is 5.08. The van der Waals surface area contributed by atoms with Gasteiger partial charge in [0.15, 0.2) is 0 Å². The summed E-state index contributed by atoms with van der Waals surface area (Å²) < 4.78 is 0. The normalized spacial score (nSPS) is 18.0. The summed E-state index contributed by atoms with van der Waals surface area (Å²) in [4.78, 5) is 29.1. The average molecular weight is 281 g/mol. The van der Waals surface area contributed by atoms with E-state index < -0.39 is 11.8 Å². The molecule has 2 heterocycles. The van der Waals surface area contributed by atoms with E-state index in [1.54, 1.807) is 11.1 Å². The van der Waals surface area contributed by atoms with Crippen LogP contribution in [0.4, 0.5) is 5.69 Å². The van der Waals surface area contributed by atoms with E-state index in [9.17, 15) is 9.59 Å². The molecule has 5 heteroatoms. The van der Waals surface area contributed by atoms with Gasteiger partial charge in [0.1, 0.15) is 0 Å². The van der Waals surface area contributed by atoms with Crippen LogP contribution in [0, 0.1) is 5.92 Å². The molecule has 106 valence electrons. The van der Waals surface area contributed by atoms with Crippen molar-refractivity contribution in [1.29, 1.82) is 0 Å². The number of carbonyl (C=O) groups excluding carboxylic acids is 2. The highest BCUT2D eigenvalue weighted by atomic mass is 16.2. The molecule has 1 aliphatic heterocycles. The molecule has 3 rings (SSSR count). The molecule has 1 saturated heterocycles. The lowest BCUT2D eigenvalue weighted by molar-refractivity contribution is -0.123. The Kier molecular flexibility index (Phi) is 3.39. The summed E-state index contributed by atoms with van der Waals surface area (Å²) in [5.74, 6) is -0.931. The van der Waals surface area contributed by atoms with Gasteiger partial charge in [-0.2, -0.15) is 0 Å². The van der Waals surface area contributed by atoms with E-state index in [0.29, 0.717) is 12.2 Å². The van der Waals surface area contributed by atoms with Crippen molar-refractivity contribution in [2.24, 2.45) is 11.7 Å². The first-order valence-corrected chi connectivity index (χ1v) is 6.76. The molecule has 1 aromatic heterocycles. The van der Waals surface area contributed by atoms with E-state index >= 15 is 0 Å². The summed E-state index contributed by atoms with van der Waals surface area (Å²) in [6.07, 6.45) is 1.83. The maximum absolute atomic E-state index is 11.9. The molecule has 1 fully saturated rings. The van der Waals surface area contributed by atoms with E-state index in [0.717, 1.165) is 11.3 Å². The number of primary amides is 1. The highest BCUT2D eigenvalue weighted by Gasteiger charge is 2.33. The van der Waals surface area contributed by atoms with Gasteiger partial charge in [-0.25, -0.2) is 0 Å². The van der Waals surface area contributed by atoms with Crippen LogP contribution in [0.3, 0.4) is 0 Å². The zero-order valence-corrected chi connectivity index (χ0v) is 11.4. The first-order chi connectivity index (χ1) is 10.1. The molecule has 2 aromatic rings. The Morgan fingerprint density at radius 1 is 1.19 bits per heavy atom. The molecule has 0 radical (unpaired) electrons. The summed E-state index contributed by atoms with van der Waals surface area (Å²) in [5, 5.41) is 0. The van der Waals surface area contributed by atoms with Crippen molar-refractivity contribution in [2.45, 2.75) is 6.42 Å². The van der Waals surface area contributed by atoms with E-state index in [4.69, 9.17) is 5.73 Å². The number of amides is 2. The van der Waals surface area contributed by atoms with Crippen LogP contribution in [0.25, 0.3) is 11.3 Å². The van der Waals surface area contributed by atoms with E-state index in [1.165, 1.54) is 0 Å². The van der Waals surface area contributed by atoms with Crippen molar-refractivity contribution in [1.82, 2.24) is 4.98 Å². The van der Waals surface area contributed by atoms with Crippen molar-refractivity contribution in [3.63, 3.8) is 0 Å². The number of benzene rings is 1. The molecular weight excluding hydrogens is 266 g/mol. The van der Waals surface area contributed by atoms with Crippen molar-refractivity contribution in [2.75, 3.05) is 11.4 Å². The minimum atomic E-state index is -0.431. The standard InChI is InChI=1S/C16H15N3O2/c17-16(21)12-8-15(20)19(10-12)13-6-7-14(18-9-13)11-4-2-1-3-5-11/h1-7,9,12H,8,10H2,(H2,17,21). The van der Waals surface area contributed by atoms with Gasteiger partial charge in [-0.1, -0.05) is 30.3 Å². The molecule has 1 unspecified atom stereocenters. The number of aromatic nitrogens is 1. The van der Waals surface area contributed by atoms with Gasteiger partial charge in [0.2, 0.25) is 11.8 Å². The quantitative estimate of drug-likeness (QED) is 0.928. The lowest BCUT2D eigenvalue weighted by Crippen LogP contribution is -2.28. The van der Waals surface area contributed by atoms with Gasteiger partial charge in [-0.3, -0.25) is 14.6 Å². The fourth-order valence-corrected chi connectivity index (χ4v) is 2.47. The second kappa shape index (κ2) is 5.36. The van der Waals surface area contributed by atoms with Crippen LogP contribution in [0.1, 0.15) is 6.42 Å². The second-order valence-electron chi connectivity index (χ2n) is 5.08. The van der Waals surface area contributed by atoms with Crippen molar-refractivity contribution < 1.29 is 9.59 Å². The first kappa shape index (κ1) is 13.3. The highest BCUT2D eigenvalue weighted by molar-refractivity contribution is 6.00. The molecule has 0 aliphatic carbocycles. The summed E-state index contributed by atoms with van der Waals surface area (Å²) >= 11 is 0.